The largest absolute Gasteiger partial charge is 0.454 e. The van der Waals surface area contributed by atoms with Crippen molar-refractivity contribution >= 4 is 6.08 Å². The van der Waals surface area contributed by atoms with Crippen LogP contribution in [-0.4, -0.2) is 25.3 Å². The maximum atomic E-state index is 13.0. The molecule has 2 aromatic carbocycles. The molecule has 0 fully saturated rings. The van der Waals surface area contributed by atoms with Crippen LogP contribution in [0.25, 0.3) is 6.08 Å². The minimum Gasteiger partial charge on any atom is -0.454 e. The molecule has 4 rings (SSSR count). The highest BCUT2D eigenvalue weighted by molar-refractivity contribution is 5.55. The third-order valence-electron chi connectivity index (χ3n) is 4.50. The van der Waals surface area contributed by atoms with Crippen LogP contribution in [0.5, 0.6) is 11.5 Å². The van der Waals surface area contributed by atoms with E-state index in [0.717, 1.165) is 30.0 Å². The van der Waals surface area contributed by atoms with Gasteiger partial charge in [0.2, 0.25) is 6.79 Å². The summed E-state index contributed by atoms with van der Waals surface area (Å²) in [5.41, 5.74) is 3.55. The van der Waals surface area contributed by atoms with Gasteiger partial charge in [0.05, 0.1) is 6.04 Å². The molecular weight excluding hydrogens is 293 g/mol. The van der Waals surface area contributed by atoms with Crippen molar-refractivity contribution in [1.29, 1.82) is 0 Å². The molecule has 3 nitrogen and oxygen atoms in total. The molecule has 1 unspecified atom stereocenters. The van der Waals surface area contributed by atoms with E-state index in [9.17, 15) is 4.39 Å². The second kappa shape index (κ2) is 5.70. The maximum Gasteiger partial charge on any atom is 0.231 e. The summed E-state index contributed by atoms with van der Waals surface area (Å²) >= 11 is 0. The molecule has 0 saturated heterocycles. The molecular formula is C19H18FNO2. The van der Waals surface area contributed by atoms with Crippen molar-refractivity contribution in [2.24, 2.45) is 0 Å². The highest BCUT2D eigenvalue weighted by Gasteiger charge is 2.26. The summed E-state index contributed by atoms with van der Waals surface area (Å²) in [6, 6.07) is 10.9. The lowest BCUT2D eigenvalue weighted by atomic mass is 9.91. The van der Waals surface area contributed by atoms with Gasteiger partial charge in [-0.1, -0.05) is 24.3 Å². The summed E-state index contributed by atoms with van der Waals surface area (Å²) in [6.07, 6.45) is 5.21. The number of likely N-dealkylation sites (N-methyl/N-ethyl adjacent to an activating group) is 1. The first-order chi connectivity index (χ1) is 11.2. The van der Waals surface area contributed by atoms with Crippen LogP contribution in [0.1, 0.15) is 22.7 Å². The highest BCUT2D eigenvalue weighted by Crippen LogP contribution is 2.40. The van der Waals surface area contributed by atoms with Gasteiger partial charge in [0, 0.05) is 6.54 Å². The Morgan fingerprint density at radius 2 is 1.87 bits per heavy atom. The Balaban J connectivity index is 1.67. The van der Waals surface area contributed by atoms with Crippen LogP contribution >= 0.6 is 0 Å². The van der Waals surface area contributed by atoms with Crippen molar-refractivity contribution < 1.29 is 13.9 Å². The van der Waals surface area contributed by atoms with Crippen LogP contribution in [0, 0.1) is 5.82 Å². The van der Waals surface area contributed by atoms with E-state index < -0.39 is 0 Å². The van der Waals surface area contributed by atoms with Gasteiger partial charge in [0.25, 0.3) is 0 Å². The standard InChI is InChI=1S/C19H18FNO2/c1-21-9-8-14-10-18-19(23-12-22-18)11-16(14)17(21)7-4-13-2-5-15(20)6-3-13/h2-7,10-11,17H,8-9,12H2,1H3. The van der Waals surface area contributed by atoms with Crippen LogP contribution in [0.4, 0.5) is 4.39 Å². The molecule has 118 valence electrons. The van der Waals surface area contributed by atoms with E-state index >= 15 is 0 Å². The fourth-order valence-corrected chi connectivity index (χ4v) is 3.19. The second-order valence-corrected chi connectivity index (χ2v) is 5.99. The Kier molecular flexibility index (Phi) is 3.54. The van der Waals surface area contributed by atoms with Crippen molar-refractivity contribution in [3.05, 3.63) is 65.0 Å². The quantitative estimate of drug-likeness (QED) is 0.842. The molecule has 23 heavy (non-hydrogen) atoms. The van der Waals surface area contributed by atoms with Gasteiger partial charge < -0.3 is 9.47 Å². The molecule has 0 saturated carbocycles. The van der Waals surface area contributed by atoms with Gasteiger partial charge in [-0.05, 0) is 54.4 Å². The first-order valence-corrected chi connectivity index (χ1v) is 7.77. The van der Waals surface area contributed by atoms with E-state index in [0.29, 0.717) is 6.79 Å². The van der Waals surface area contributed by atoms with Crippen LogP contribution in [-0.2, 0) is 6.42 Å². The summed E-state index contributed by atoms with van der Waals surface area (Å²) in [7, 11) is 2.12. The average Bonchev–Trinajstić information content (AvgIpc) is 3.01. The Morgan fingerprint density at radius 1 is 1.13 bits per heavy atom. The molecule has 0 radical (unpaired) electrons. The molecule has 4 heteroatoms. The SMILES string of the molecule is CN1CCc2cc3c(cc2C1C=Cc1ccc(F)cc1)OCO3. The zero-order chi connectivity index (χ0) is 15.8. The molecule has 0 aromatic heterocycles. The molecule has 2 aliphatic heterocycles. The van der Waals surface area contributed by atoms with Crippen LogP contribution in [0.2, 0.25) is 0 Å². The van der Waals surface area contributed by atoms with E-state index in [2.05, 4.69) is 30.2 Å². The van der Waals surface area contributed by atoms with Gasteiger partial charge in [-0.15, -0.1) is 0 Å². The molecule has 0 aliphatic carbocycles. The fourth-order valence-electron chi connectivity index (χ4n) is 3.19. The van der Waals surface area contributed by atoms with Crippen LogP contribution in [0.3, 0.4) is 0 Å². The van der Waals surface area contributed by atoms with Gasteiger partial charge in [0.1, 0.15) is 5.82 Å². The second-order valence-electron chi connectivity index (χ2n) is 5.99. The summed E-state index contributed by atoms with van der Waals surface area (Å²) in [6.45, 7) is 1.29. The third-order valence-corrected chi connectivity index (χ3v) is 4.50. The van der Waals surface area contributed by atoms with Crippen LogP contribution in [0.15, 0.2) is 42.5 Å². The summed E-state index contributed by atoms with van der Waals surface area (Å²) in [4.78, 5) is 2.31. The first kappa shape index (κ1) is 14.3. The van der Waals surface area contributed by atoms with Gasteiger partial charge in [-0.3, -0.25) is 4.90 Å². The Labute approximate surface area is 134 Å². The van der Waals surface area contributed by atoms with Crippen molar-refractivity contribution in [3.63, 3.8) is 0 Å². The lowest BCUT2D eigenvalue weighted by Crippen LogP contribution is -2.30. The van der Waals surface area contributed by atoms with Crippen molar-refractivity contribution in [2.75, 3.05) is 20.4 Å². The summed E-state index contributed by atoms with van der Waals surface area (Å²) in [5, 5.41) is 0. The summed E-state index contributed by atoms with van der Waals surface area (Å²) in [5.74, 6) is 1.45. The van der Waals surface area contributed by atoms with Crippen molar-refractivity contribution in [1.82, 2.24) is 4.90 Å². The number of rotatable bonds is 2. The Hall–Kier alpha value is -2.33. The van der Waals surface area contributed by atoms with Gasteiger partial charge in [-0.2, -0.15) is 0 Å². The number of ether oxygens (including phenoxy) is 2. The lowest BCUT2D eigenvalue weighted by molar-refractivity contribution is 0.174. The first-order valence-electron chi connectivity index (χ1n) is 7.77. The Morgan fingerprint density at radius 3 is 2.65 bits per heavy atom. The third kappa shape index (κ3) is 2.70. The number of hydrogen-bond donors (Lipinski definition) is 0. The monoisotopic (exact) mass is 311 g/mol. The molecule has 0 N–H and O–H groups in total. The smallest absolute Gasteiger partial charge is 0.231 e. The molecule has 2 heterocycles. The minimum absolute atomic E-state index is 0.179. The molecule has 2 aliphatic rings. The number of benzene rings is 2. The Bertz CT molecular complexity index is 755. The van der Waals surface area contributed by atoms with E-state index in [1.54, 1.807) is 12.1 Å². The molecule has 2 aromatic rings. The van der Waals surface area contributed by atoms with E-state index in [1.165, 1.54) is 23.3 Å². The maximum absolute atomic E-state index is 13.0. The van der Waals surface area contributed by atoms with E-state index in [4.69, 9.17) is 9.47 Å². The average molecular weight is 311 g/mol. The number of hydrogen-bond acceptors (Lipinski definition) is 3. The molecule has 0 bridgehead atoms. The van der Waals surface area contributed by atoms with E-state index in [1.807, 2.05) is 6.08 Å². The van der Waals surface area contributed by atoms with Crippen molar-refractivity contribution in [3.8, 4) is 11.5 Å². The summed E-state index contributed by atoms with van der Waals surface area (Å²) < 4.78 is 24.0. The topological polar surface area (TPSA) is 21.7 Å². The van der Waals surface area contributed by atoms with Crippen molar-refractivity contribution in [2.45, 2.75) is 12.5 Å². The van der Waals surface area contributed by atoms with Gasteiger partial charge in [-0.25, -0.2) is 4.39 Å². The zero-order valence-corrected chi connectivity index (χ0v) is 13.0. The highest BCUT2D eigenvalue weighted by atomic mass is 19.1. The molecule has 0 spiro atoms. The van der Waals surface area contributed by atoms with E-state index in [-0.39, 0.29) is 11.9 Å². The molecule has 0 amide bonds. The minimum atomic E-state index is -0.213. The zero-order valence-electron chi connectivity index (χ0n) is 13.0. The predicted octanol–water partition coefficient (Wildman–Crippen LogP) is 3.80. The predicted molar refractivity (Wildman–Crippen MR) is 87.1 cm³/mol. The number of halogens is 1. The van der Waals surface area contributed by atoms with Gasteiger partial charge >= 0.3 is 0 Å². The normalized spacial score (nSPS) is 20.0. The number of fused-ring (bicyclic) bond motifs is 2. The van der Waals surface area contributed by atoms with Gasteiger partial charge in [0.15, 0.2) is 11.5 Å². The lowest BCUT2D eigenvalue weighted by Gasteiger charge is -2.33. The molecule has 1 atom stereocenters. The van der Waals surface area contributed by atoms with Crippen LogP contribution < -0.4 is 9.47 Å². The number of nitrogens with zero attached hydrogens (tertiary/aromatic N) is 1. The fraction of sp³-hybridized carbons (Fsp3) is 0.263.